The van der Waals surface area contributed by atoms with Crippen LogP contribution in [0.4, 0.5) is 0 Å². The molecule has 1 aromatic rings. The molecular formula is C8H8BrNaO2S. The number of halogens is 1. The summed E-state index contributed by atoms with van der Waals surface area (Å²) < 4.78 is 21.7. The average molecular weight is 271 g/mol. The second kappa shape index (κ2) is 6.32. The van der Waals surface area contributed by atoms with Gasteiger partial charge in [-0.15, -0.1) is 0 Å². The van der Waals surface area contributed by atoms with Crippen molar-refractivity contribution < 1.29 is 38.3 Å². The van der Waals surface area contributed by atoms with E-state index in [1.807, 2.05) is 25.1 Å². The molecule has 1 unspecified atom stereocenters. The summed E-state index contributed by atoms with van der Waals surface area (Å²) in [4.78, 5) is 0. The smallest absolute Gasteiger partial charge is 0.772 e. The van der Waals surface area contributed by atoms with Gasteiger partial charge in [0.25, 0.3) is 0 Å². The van der Waals surface area contributed by atoms with Crippen LogP contribution in [0.3, 0.4) is 0 Å². The number of aryl methyl sites for hydroxylation is 1. The van der Waals surface area contributed by atoms with Crippen LogP contribution in [0, 0.1) is 6.92 Å². The zero-order valence-corrected chi connectivity index (χ0v) is 11.9. The van der Waals surface area contributed by atoms with E-state index < -0.39 is 11.1 Å². The minimum absolute atomic E-state index is 0. The molecule has 0 radical (unpaired) electrons. The monoisotopic (exact) mass is 270 g/mol. The molecule has 1 atom stereocenters. The van der Waals surface area contributed by atoms with Crippen LogP contribution in [0.15, 0.2) is 22.7 Å². The van der Waals surface area contributed by atoms with Crippen LogP contribution in [0.25, 0.3) is 0 Å². The van der Waals surface area contributed by atoms with Crippen LogP contribution in [0.5, 0.6) is 0 Å². The predicted molar refractivity (Wildman–Crippen MR) is 51.5 cm³/mol. The van der Waals surface area contributed by atoms with Gasteiger partial charge in [-0.1, -0.05) is 44.7 Å². The standard InChI is InChI=1S/C8H9BrO2S.Na/c1-6-2-3-8(9)7(4-6)5-12(10)11;/h2-4H,5H2,1H3,(H,10,11);/q;+1/p-1. The Balaban J connectivity index is 0.00000144. The first-order valence-electron chi connectivity index (χ1n) is 3.40. The zero-order valence-electron chi connectivity index (χ0n) is 7.54. The van der Waals surface area contributed by atoms with E-state index in [9.17, 15) is 8.76 Å². The van der Waals surface area contributed by atoms with Crippen molar-refractivity contribution in [2.75, 3.05) is 0 Å². The SMILES string of the molecule is Cc1ccc(Br)c(CS(=O)[O-])c1.[Na+]. The maximum absolute atomic E-state index is 10.4. The fraction of sp³-hybridized carbons (Fsp3) is 0.250. The van der Waals surface area contributed by atoms with E-state index in [1.165, 1.54) is 0 Å². The molecule has 0 amide bonds. The molecule has 0 aliphatic rings. The predicted octanol–water partition coefficient (Wildman–Crippen LogP) is -0.859. The third-order valence-corrected chi connectivity index (χ3v) is 2.79. The molecule has 0 saturated heterocycles. The fourth-order valence-electron chi connectivity index (χ4n) is 0.941. The summed E-state index contributed by atoms with van der Waals surface area (Å²) in [5, 5.41) is 0. The summed E-state index contributed by atoms with van der Waals surface area (Å²) in [6, 6.07) is 5.65. The Morgan fingerprint density at radius 1 is 1.54 bits per heavy atom. The zero-order chi connectivity index (χ0) is 9.14. The Morgan fingerprint density at radius 3 is 2.69 bits per heavy atom. The van der Waals surface area contributed by atoms with Crippen LogP contribution in [0.2, 0.25) is 0 Å². The van der Waals surface area contributed by atoms with E-state index in [-0.39, 0.29) is 35.3 Å². The van der Waals surface area contributed by atoms with Crippen molar-refractivity contribution in [1.82, 2.24) is 0 Å². The van der Waals surface area contributed by atoms with Crippen molar-refractivity contribution in [1.29, 1.82) is 0 Å². The first kappa shape index (κ1) is 13.8. The van der Waals surface area contributed by atoms with Gasteiger partial charge in [0, 0.05) is 10.2 Å². The van der Waals surface area contributed by atoms with Crippen molar-refractivity contribution in [3.05, 3.63) is 33.8 Å². The first-order chi connectivity index (χ1) is 5.59. The summed E-state index contributed by atoms with van der Waals surface area (Å²) in [5.74, 6) is 0.0717. The van der Waals surface area contributed by atoms with Crippen LogP contribution >= 0.6 is 15.9 Å². The van der Waals surface area contributed by atoms with E-state index in [2.05, 4.69) is 15.9 Å². The van der Waals surface area contributed by atoms with Gasteiger partial charge in [-0.05, 0) is 18.6 Å². The molecule has 66 valence electrons. The van der Waals surface area contributed by atoms with Gasteiger partial charge in [-0.2, -0.15) is 0 Å². The third kappa shape index (κ3) is 4.72. The molecule has 13 heavy (non-hydrogen) atoms. The molecule has 1 rings (SSSR count). The molecular weight excluding hydrogens is 263 g/mol. The van der Waals surface area contributed by atoms with Crippen molar-refractivity contribution in [2.45, 2.75) is 12.7 Å². The quantitative estimate of drug-likeness (QED) is 0.519. The van der Waals surface area contributed by atoms with Crippen molar-refractivity contribution in [3.63, 3.8) is 0 Å². The number of rotatable bonds is 2. The van der Waals surface area contributed by atoms with E-state index in [0.29, 0.717) is 0 Å². The van der Waals surface area contributed by atoms with Crippen LogP contribution in [-0.2, 0) is 16.8 Å². The van der Waals surface area contributed by atoms with Gasteiger partial charge in [0.1, 0.15) is 0 Å². The van der Waals surface area contributed by atoms with Gasteiger partial charge in [-0.25, -0.2) is 0 Å². The first-order valence-corrected chi connectivity index (χ1v) is 5.44. The van der Waals surface area contributed by atoms with Crippen molar-refractivity contribution in [3.8, 4) is 0 Å². The summed E-state index contributed by atoms with van der Waals surface area (Å²) in [6.07, 6.45) is 0. The van der Waals surface area contributed by atoms with Crippen molar-refractivity contribution >= 4 is 27.0 Å². The van der Waals surface area contributed by atoms with Gasteiger partial charge in [0.15, 0.2) is 0 Å². The van der Waals surface area contributed by atoms with Gasteiger partial charge in [0.2, 0.25) is 0 Å². The van der Waals surface area contributed by atoms with Crippen LogP contribution in [0.1, 0.15) is 11.1 Å². The van der Waals surface area contributed by atoms with E-state index in [1.54, 1.807) is 0 Å². The number of benzene rings is 1. The maximum Gasteiger partial charge on any atom is 1.00 e. The van der Waals surface area contributed by atoms with Crippen LogP contribution < -0.4 is 29.6 Å². The molecule has 1 aromatic carbocycles. The molecule has 0 N–H and O–H groups in total. The normalized spacial score (nSPS) is 11.9. The fourth-order valence-corrected chi connectivity index (χ4v) is 2.01. The van der Waals surface area contributed by atoms with Gasteiger partial charge >= 0.3 is 29.6 Å². The third-order valence-electron chi connectivity index (χ3n) is 1.47. The minimum atomic E-state index is -2.02. The maximum atomic E-state index is 10.4. The van der Waals surface area contributed by atoms with Gasteiger partial charge in [-0.3, -0.25) is 4.21 Å². The summed E-state index contributed by atoms with van der Waals surface area (Å²) in [5.41, 5.74) is 1.88. The Morgan fingerprint density at radius 2 is 2.15 bits per heavy atom. The average Bonchev–Trinajstić information content (AvgIpc) is 1.96. The molecule has 2 nitrogen and oxygen atoms in total. The molecule has 0 fully saturated rings. The largest absolute Gasteiger partial charge is 1.00 e. The molecule has 0 heterocycles. The van der Waals surface area contributed by atoms with Crippen LogP contribution in [-0.4, -0.2) is 8.76 Å². The molecule has 0 bridgehead atoms. The Labute approximate surface area is 111 Å². The summed E-state index contributed by atoms with van der Waals surface area (Å²) >= 11 is 1.27. The van der Waals surface area contributed by atoms with Gasteiger partial charge in [0.05, 0.1) is 0 Å². The second-order valence-corrected chi connectivity index (χ2v) is 4.29. The Kier molecular flexibility index (Phi) is 6.72. The van der Waals surface area contributed by atoms with E-state index in [4.69, 9.17) is 0 Å². The van der Waals surface area contributed by atoms with E-state index in [0.717, 1.165) is 15.6 Å². The molecule has 5 heteroatoms. The Bertz CT molecular complexity index is 317. The minimum Gasteiger partial charge on any atom is -0.772 e. The van der Waals surface area contributed by atoms with Gasteiger partial charge < -0.3 is 4.55 Å². The summed E-state index contributed by atoms with van der Waals surface area (Å²) in [7, 11) is 0. The molecule has 0 spiro atoms. The van der Waals surface area contributed by atoms with E-state index >= 15 is 0 Å². The van der Waals surface area contributed by atoms with Crippen molar-refractivity contribution in [2.24, 2.45) is 0 Å². The number of hydrogen-bond acceptors (Lipinski definition) is 2. The topological polar surface area (TPSA) is 40.1 Å². The molecule has 0 aromatic heterocycles. The second-order valence-electron chi connectivity index (χ2n) is 2.54. The molecule has 0 aliphatic heterocycles. The number of hydrogen-bond donors (Lipinski definition) is 0. The molecule has 0 saturated carbocycles. The molecule has 0 aliphatic carbocycles. The Hall–Kier alpha value is 0.810. The summed E-state index contributed by atoms with van der Waals surface area (Å²) in [6.45, 7) is 1.93.